The summed E-state index contributed by atoms with van der Waals surface area (Å²) < 4.78 is 41.4. The molecule has 0 aromatic heterocycles. The number of carboxylic acids is 1. The molecule has 0 aliphatic carbocycles. The van der Waals surface area contributed by atoms with Crippen LogP contribution in [0.2, 0.25) is 0 Å². The topological polar surface area (TPSA) is 63.6 Å². The molecular weight excluding hydrogens is 265 g/mol. The first kappa shape index (κ1) is 14.7. The number of esters is 1. The second kappa shape index (κ2) is 6.03. The van der Waals surface area contributed by atoms with Crippen LogP contribution in [0.3, 0.4) is 0 Å². The third kappa shape index (κ3) is 5.24. The second-order valence-electron chi connectivity index (χ2n) is 3.47. The summed E-state index contributed by atoms with van der Waals surface area (Å²) in [5.41, 5.74) is -0.432. The molecule has 19 heavy (non-hydrogen) atoms. The van der Waals surface area contributed by atoms with Gasteiger partial charge in [0, 0.05) is 12.2 Å². The maximum absolute atomic E-state index is 12.3. The van der Waals surface area contributed by atoms with Crippen LogP contribution in [0.25, 0.3) is 0 Å². The number of ether oxygens (including phenoxy) is 1. The molecule has 0 fully saturated rings. The largest absolute Gasteiger partial charge is 0.478 e. The van der Waals surface area contributed by atoms with Crippen molar-refractivity contribution in [2.24, 2.45) is 0 Å². The number of halogens is 3. The minimum atomic E-state index is -4.42. The average Bonchev–Trinajstić information content (AvgIpc) is 2.33. The highest BCUT2D eigenvalue weighted by Crippen LogP contribution is 2.29. The summed E-state index contributed by atoms with van der Waals surface area (Å²) in [6.07, 6.45) is -3.10. The smallest absolute Gasteiger partial charge is 0.416 e. The highest BCUT2D eigenvalue weighted by molar-refractivity contribution is 5.90. The van der Waals surface area contributed by atoms with Crippen molar-refractivity contribution in [2.45, 2.75) is 12.8 Å². The number of benzene rings is 1. The molecule has 0 unspecified atom stereocenters. The molecule has 0 aliphatic heterocycles. The zero-order valence-electron chi connectivity index (χ0n) is 9.48. The molecule has 1 aromatic carbocycles. The molecular formula is C12H9F3O4. The minimum Gasteiger partial charge on any atom is -0.478 e. The number of hydrogen-bond donors (Lipinski definition) is 1. The average molecular weight is 274 g/mol. The summed E-state index contributed by atoms with van der Waals surface area (Å²) in [5, 5.41) is 8.25. The lowest BCUT2D eigenvalue weighted by molar-refractivity contribution is -0.140. The van der Waals surface area contributed by atoms with E-state index in [0.717, 1.165) is 12.1 Å². The Bertz CT molecular complexity index is 489. The first-order valence-electron chi connectivity index (χ1n) is 5.03. The van der Waals surface area contributed by atoms with Crippen LogP contribution in [0.5, 0.6) is 0 Å². The molecule has 1 aromatic rings. The summed E-state index contributed by atoms with van der Waals surface area (Å²) >= 11 is 0. The molecule has 0 radical (unpaired) electrons. The van der Waals surface area contributed by atoms with Crippen LogP contribution in [-0.4, -0.2) is 17.0 Å². The first-order chi connectivity index (χ1) is 8.79. The van der Waals surface area contributed by atoms with Gasteiger partial charge >= 0.3 is 18.1 Å². The Labute approximate surface area is 106 Å². The number of carbonyl (C=O) groups is 2. The van der Waals surface area contributed by atoms with E-state index in [1.807, 2.05) is 0 Å². The predicted molar refractivity (Wildman–Crippen MR) is 58.0 cm³/mol. The van der Waals surface area contributed by atoms with E-state index in [1.165, 1.54) is 12.1 Å². The Morgan fingerprint density at radius 1 is 1.16 bits per heavy atom. The van der Waals surface area contributed by atoms with Gasteiger partial charge in [-0.3, -0.25) is 0 Å². The van der Waals surface area contributed by atoms with Crippen molar-refractivity contribution in [3.8, 4) is 0 Å². The summed E-state index contributed by atoms with van der Waals surface area (Å²) in [7, 11) is 0. The highest BCUT2D eigenvalue weighted by Gasteiger charge is 2.29. The van der Waals surface area contributed by atoms with Gasteiger partial charge < -0.3 is 9.84 Å². The van der Waals surface area contributed by atoms with Gasteiger partial charge in [-0.15, -0.1) is 0 Å². The Balaban J connectivity index is 2.55. The Morgan fingerprint density at radius 2 is 1.74 bits per heavy atom. The fourth-order valence-electron chi connectivity index (χ4n) is 1.13. The normalized spacial score (nSPS) is 11.5. The third-order valence-electron chi connectivity index (χ3n) is 2.02. The summed E-state index contributed by atoms with van der Waals surface area (Å²) in [6, 6.07) is 4.10. The number of rotatable bonds is 4. The van der Waals surface area contributed by atoms with Crippen LogP contribution in [0.15, 0.2) is 36.4 Å². The van der Waals surface area contributed by atoms with Crippen molar-refractivity contribution in [2.75, 3.05) is 0 Å². The molecule has 102 valence electrons. The lowest BCUT2D eigenvalue weighted by Crippen LogP contribution is -2.05. The molecule has 0 spiro atoms. The van der Waals surface area contributed by atoms with Crippen molar-refractivity contribution in [3.63, 3.8) is 0 Å². The first-order valence-corrected chi connectivity index (χ1v) is 5.03. The zero-order chi connectivity index (χ0) is 14.5. The van der Waals surface area contributed by atoms with Gasteiger partial charge in [0.2, 0.25) is 0 Å². The lowest BCUT2D eigenvalue weighted by Gasteiger charge is -2.07. The van der Waals surface area contributed by atoms with Gasteiger partial charge in [-0.1, -0.05) is 12.1 Å². The Kier molecular flexibility index (Phi) is 4.68. The SMILES string of the molecule is O=C(O)/C=C/C(=O)OCc1ccc(C(F)(F)F)cc1. The number of alkyl halides is 3. The van der Waals surface area contributed by atoms with E-state index in [1.54, 1.807) is 0 Å². The molecule has 0 amide bonds. The summed E-state index contributed by atoms with van der Waals surface area (Å²) in [6.45, 7) is -0.235. The molecule has 1 rings (SSSR count). The Hall–Kier alpha value is -2.31. The van der Waals surface area contributed by atoms with E-state index < -0.39 is 23.7 Å². The predicted octanol–water partition coefficient (Wildman–Crippen LogP) is 2.39. The highest BCUT2D eigenvalue weighted by atomic mass is 19.4. The Morgan fingerprint density at radius 3 is 2.21 bits per heavy atom. The lowest BCUT2D eigenvalue weighted by atomic mass is 10.1. The van der Waals surface area contributed by atoms with Gasteiger partial charge in [0.25, 0.3) is 0 Å². The minimum absolute atomic E-state index is 0.235. The van der Waals surface area contributed by atoms with E-state index >= 15 is 0 Å². The van der Waals surface area contributed by atoms with Gasteiger partial charge in [-0.25, -0.2) is 9.59 Å². The van der Waals surface area contributed by atoms with E-state index in [2.05, 4.69) is 4.74 Å². The zero-order valence-corrected chi connectivity index (χ0v) is 9.48. The third-order valence-corrected chi connectivity index (χ3v) is 2.02. The summed E-state index contributed by atoms with van der Waals surface area (Å²) in [4.78, 5) is 21.1. The molecule has 0 aliphatic rings. The van der Waals surface area contributed by atoms with Gasteiger partial charge in [0.15, 0.2) is 0 Å². The molecule has 0 atom stereocenters. The van der Waals surface area contributed by atoms with E-state index in [9.17, 15) is 22.8 Å². The van der Waals surface area contributed by atoms with Crippen molar-refractivity contribution < 1.29 is 32.6 Å². The van der Waals surface area contributed by atoms with E-state index in [4.69, 9.17) is 5.11 Å². The number of carboxylic acid groups (broad SMARTS) is 1. The van der Waals surface area contributed by atoms with Crippen LogP contribution in [0.4, 0.5) is 13.2 Å². The molecule has 1 N–H and O–H groups in total. The maximum atomic E-state index is 12.3. The molecule has 4 nitrogen and oxygen atoms in total. The van der Waals surface area contributed by atoms with Crippen LogP contribution < -0.4 is 0 Å². The van der Waals surface area contributed by atoms with Crippen molar-refractivity contribution in [1.29, 1.82) is 0 Å². The van der Waals surface area contributed by atoms with E-state index in [-0.39, 0.29) is 6.61 Å². The van der Waals surface area contributed by atoms with Gasteiger partial charge in [-0.2, -0.15) is 13.2 Å². The van der Waals surface area contributed by atoms with Gasteiger partial charge in [-0.05, 0) is 17.7 Å². The van der Waals surface area contributed by atoms with E-state index in [0.29, 0.717) is 17.7 Å². The second-order valence-corrected chi connectivity index (χ2v) is 3.47. The molecule has 0 saturated carbocycles. The monoisotopic (exact) mass is 274 g/mol. The maximum Gasteiger partial charge on any atom is 0.416 e. The fraction of sp³-hybridized carbons (Fsp3) is 0.167. The summed E-state index contributed by atoms with van der Waals surface area (Å²) in [5.74, 6) is -2.19. The quantitative estimate of drug-likeness (QED) is 0.676. The standard InChI is InChI=1S/C12H9F3O4/c13-12(14,15)9-3-1-8(2-4-9)7-19-11(18)6-5-10(16)17/h1-6H,7H2,(H,16,17)/b6-5+. The van der Waals surface area contributed by atoms with Crippen molar-refractivity contribution >= 4 is 11.9 Å². The van der Waals surface area contributed by atoms with Crippen LogP contribution in [-0.2, 0) is 27.1 Å². The van der Waals surface area contributed by atoms with Gasteiger partial charge in [0.05, 0.1) is 5.56 Å². The molecule has 7 heteroatoms. The van der Waals surface area contributed by atoms with Gasteiger partial charge in [0.1, 0.15) is 6.61 Å². The molecule has 0 saturated heterocycles. The number of carbonyl (C=O) groups excluding carboxylic acids is 1. The molecule has 0 heterocycles. The fourth-order valence-corrected chi connectivity index (χ4v) is 1.13. The number of hydrogen-bond acceptors (Lipinski definition) is 3. The van der Waals surface area contributed by atoms with Crippen molar-refractivity contribution in [1.82, 2.24) is 0 Å². The van der Waals surface area contributed by atoms with Crippen LogP contribution >= 0.6 is 0 Å². The number of aliphatic carboxylic acids is 1. The van der Waals surface area contributed by atoms with Crippen LogP contribution in [0, 0.1) is 0 Å². The van der Waals surface area contributed by atoms with Crippen molar-refractivity contribution in [3.05, 3.63) is 47.5 Å². The molecule has 0 bridgehead atoms. The van der Waals surface area contributed by atoms with Crippen LogP contribution in [0.1, 0.15) is 11.1 Å².